The third-order valence-corrected chi connectivity index (χ3v) is 5.34. The standard InChI is InChI=1S/C24H27NO4/c1-17-4-10-22(29-3)20(16-17)7-11-23(26)25-14-12-19(13-15-25)24(27)18-5-8-21(28-2)9-6-18/h4-11,16,19H,12-15H2,1-3H3/b11-7+. The Morgan fingerprint density at radius 2 is 1.69 bits per heavy atom. The molecule has 0 saturated carbocycles. The van der Waals surface area contributed by atoms with Gasteiger partial charge in [0.1, 0.15) is 11.5 Å². The lowest BCUT2D eigenvalue weighted by atomic mass is 9.89. The molecule has 0 bridgehead atoms. The summed E-state index contributed by atoms with van der Waals surface area (Å²) in [4.78, 5) is 27.1. The monoisotopic (exact) mass is 393 g/mol. The number of carbonyl (C=O) groups is 2. The van der Waals surface area contributed by atoms with Crippen LogP contribution >= 0.6 is 0 Å². The first-order valence-corrected chi connectivity index (χ1v) is 9.81. The molecule has 0 aromatic heterocycles. The first-order chi connectivity index (χ1) is 14.0. The second-order valence-electron chi connectivity index (χ2n) is 7.27. The highest BCUT2D eigenvalue weighted by Gasteiger charge is 2.27. The van der Waals surface area contributed by atoms with E-state index in [2.05, 4.69) is 0 Å². The predicted octanol–water partition coefficient (Wildman–Crippen LogP) is 4.15. The van der Waals surface area contributed by atoms with Gasteiger partial charge in [0.25, 0.3) is 0 Å². The highest BCUT2D eigenvalue weighted by Crippen LogP contribution is 2.24. The Bertz CT molecular complexity index is 894. The molecule has 1 saturated heterocycles. The number of aryl methyl sites for hydroxylation is 1. The van der Waals surface area contributed by atoms with Gasteiger partial charge in [0.15, 0.2) is 5.78 Å². The molecule has 1 amide bonds. The number of ketones is 1. The van der Waals surface area contributed by atoms with E-state index in [1.54, 1.807) is 55.5 Å². The zero-order valence-corrected chi connectivity index (χ0v) is 17.2. The molecule has 0 N–H and O–H groups in total. The van der Waals surface area contributed by atoms with Crippen molar-refractivity contribution >= 4 is 17.8 Å². The van der Waals surface area contributed by atoms with Gasteiger partial charge in [0, 0.05) is 36.2 Å². The normalized spacial score (nSPS) is 14.8. The van der Waals surface area contributed by atoms with Gasteiger partial charge in [-0.2, -0.15) is 0 Å². The number of hydrogen-bond donors (Lipinski definition) is 0. The maximum Gasteiger partial charge on any atom is 0.246 e. The van der Waals surface area contributed by atoms with E-state index >= 15 is 0 Å². The minimum Gasteiger partial charge on any atom is -0.497 e. The van der Waals surface area contributed by atoms with Crippen LogP contribution in [0.15, 0.2) is 48.5 Å². The highest BCUT2D eigenvalue weighted by atomic mass is 16.5. The molecule has 5 heteroatoms. The lowest BCUT2D eigenvalue weighted by Gasteiger charge is -2.30. The topological polar surface area (TPSA) is 55.8 Å². The van der Waals surface area contributed by atoms with E-state index in [1.165, 1.54) is 0 Å². The fourth-order valence-corrected chi connectivity index (χ4v) is 3.60. The van der Waals surface area contributed by atoms with E-state index in [1.807, 2.05) is 25.1 Å². The molecule has 0 spiro atoms. The second-order valence-corrected chi connectivity index (χ2v) is 7.27. The molecule has 2 aromatic rings. The van der Waals surface area contributed by atoms with E-state index in [0.29, 0.717) is 31.5 Å². The molecule has 29 heavy (non-hydrogen) atoms. The predicted molar refractivity (Wildman–Crippen MR) is 113 cm³/mol. The number of piperidine rings is 1. The Morgan fingerprint density at radius 1 is 1.00 bits per heavy atom. The van der Waals surface area contributed by atoms with Gasteiger partial charge in [-0.15, -0.1) is 0 Å². The molecule has 0 atom stereocenters. The average molecular weight is 393 g/mol. The zero-order valence-electron chi connectivity index (χ0n) is 17.2. The van der Waals surface area contributed by atoms with Crippen molar-refractivity contribution < 1.29 is 19.1 Å². The third kappa shape index (κ3) is 5.05. The quantitative estimate of drug-likeness (QED) is 0.547. The molecular weight excluding hydrogens is 366 g/mol. The molecule has 5 nitrogen and oxygen atoms in total. The van der Waals surface area contributed by atoms with Crippen molar-refractivity contribution in [3.63, 3.8) is 0 Å². The molecule has 0 unspecified atom stereocenters. The molecule has 3 rings (SSSR count). The first kappa shape index (κ1) is 20.6. The van der Waals surface area contributed by atoms with Gasteiger partial charge in [-0.3, -0.25) is 9.59 Å². The van der Waals surface area contributed by atoms with Crippen molar-refractivity contribution in [3.8, 4) is 11.5 Å². The molecule has 0 radical (unpaired) electrons. The summed E-state index contributed by atoms with van der Waals surface area (Å²) >= 11 is 0. The van der Waals surface area contributed by atoms with Crippen molar-refractivity contribution in [2.75, 3.05) is 27.3 Å². The van der Waals surface area contributed by atoms with Crippen LogP contribution in [0.5, 0.6) is 11.5 Å². The number of rotatable bonds is 6. The molecular formula is C24H27NO4. The maximum absolute atomic E-state index is 12.7. The minimum absolute atomic E-state index is 0.0381. The van der Waals surface area contributed by atoms with Crippen molar-refractivity contribution in [3.05, 3.63) is 65.2 Å². The summed E-state index contributed by atoms with van der Waals surface area (Å²) in [5.41, 5.74) is 2.68. The van der Waals surface area contributed by atoms with Crippen LogP contribution in [-0.4, -0.2) is 43.9 Å². The maximum atomic E-state index is 12.7. The van der Waals surface area contributed by atoms with Crippen LogP contribution in [0.25, 0.3) is 6.08 Å². The van der Waals surface area contributed by atoms with Crippen LogP contribution in [0.4, 0.5) is 0 Å². The van der Waals surface area contributed by atoms with Crippen molar-refractivity contribution in [2.45, 2.75) is 19.8 Å². The van der Waals surface area contributed by atoms with E-state index in [0.717, 1.165) is 22.6 Å². The molecule has 1 fully saturated rings. The highest BCUT2D eigenvalue weighted by molar-refractivity contribution is 5.98. The van der Waals surface area contributed by atoms with E-state index in [4.69, 9.17) is 9.47 Å². The number of ether oxygens (including phenoxy) is 2. The smallest absolute Gasteiger partial charge is 0.246 e. The molecule has 1 aliphatic rings. The summed E-state index contributed by atoms with van der Waals surface area (Å²) in [5.74, 6) is 1.53. The zero-order chi connectivity index (χ0) is 20.8. The Labute approximate surface area is 171 Å². The van der Waals surface area contributed by atoms with Gasteiger partial charge in [0.2, 0.25) is 5.91 Å². The van der Waals surface area contributed by atoms with Crippen LogP contribution in [0.2, 0.25) is 0 Å². The average Bonchev–Trinajstić information content (AvgIpc) is 2.77. The van der Waals surface area contributed by atoms with Gasteiger partial charge in [-0.25, -0.2) is 0 Å². The van der Waals surface area contributed by atoms with Gasteiger partial charge >= 0.3 is 0 Å². The number of benzene rings is 2. The summed E-state index contributed by atoms with van der Waals surface area (Å²) in [5, 5.41) is 0. The number of likely N-dealkylation sites (tertiary alicyclic amines) is 1. The number of amides is 1. The largest absolute Gasteiger partial charge is 0.497 e. The number of nitrogens with zero attached hydrogens (tertiary/aromatic N) is 1. The molecule has 2 aromatic carbocycles. The number of carbonyl (C=O) groups excluding carboxylic acids is 2. The van der Waals surface area contributed by atoms with Gasteiger partial charge in [-0.05, 0) is 62.2 Å². The summed E-state index contributed by atoms with van der Waals surface area (Å²) in [6.45, 7) is 3.17. The van der Waals surface area contributed by atoms with Gasteiger partial charge in [-0.1, -0.05) is 11.6 Å². The second kappa shape index (κ2) is 9.41. The molecule has 1 aliphatic heterocycles. The first-order valence-electron chi connectivity index (χ1n) is 9.81. The van der Waals surface area contributed by atoms with Crippen molar-refractivity contribution in [1.82, 2.24) is 4.90 Å². The molecule has 0 aliphatic carbocycles. The van der Waals surface area contributed by atoms with Crippen molar-refractivity contribution in [1.29, 1.82) is 0 Å². The summed E-state index contributed by atoms with van der Waals surface area (Å²) in [6.07, 6.45) is 4.74. The summed E-state index contributed by atoms with van der Waals surface area (Å²) in [6, 6.07) is 13.1. The summed E-state index contributed by atoms with van der Waals surface area (Å²) < 4.78 is 10.5. The fourth-order valence-electron chi connectivity index (χ4n) is 3.60. The third-order valence-electron chi connectivity index (χ3n) is 5.34. The lowest BCUT2D eigenvalue weighted by Crippen LogP contribution is -2.39. The van der Waals surface area contributed by atoms with Crippen LogP contribution < -0.4 is 9.47 Å². The Kier molecular flexibility index (Phi) is 6.70. The number of hydrogen-bond acceptors (Lipinski definition) is 4. The minimum atomic E-state index is -0.0479. The van der Waals surface area contributed by atoms with Crippen LogP contribution in [0, 0.1) is 12.8 Å². The molecule has 1 heterocycles. The van der Waals surface area contributed by atoms with Crippen LogP contribution in [-0.2, 0) is 4.79 Å². The van der Waals surface area contributed by atoms with Crippen LogP contribution in [0.1, 0.15) is 34.3 Å². The van der Waals surface area contributed by atoms with Gasteiger partial charge < -0.3 is 14.4 Å². The Balaban J connectivity index is 1.58. The number of methoxy groups -OCH3 is 2. The Morgan fingerprint density at radius 3 is 2.31 bits per heavy atom. The lowest BCUT2D eigenvalue weighted by molar-refractivity contribution is -0.127. The number of Topliss-reactive ketones (excluding diaryl/α,β-unsaturated/α-hetero) is 1. The Hall–Kier alpha value is -3.08. The van der Waals surface area contributed by atoms with E-state index < -0.39 is 0 Å². The van der Waals surface area contributed by atoms with E-state index in [-0.39, 0.29) is 17.6 Å². The van der Waals surface area contributed by atoms with Crippen molar-refractivity contribution in [2.24, 2.45) is 5.92 Å². The summed E-state index contributed by atoms with van der Waals surface area (Å²) in [7, 11) is 3.22. The molecule has 152 valence electrons. The SMILES string of the molecule is COc1ccc(C(=O)C2CCN(C(=O)/C=C/c3cc(C)ccc3OC)CC2)cc1. The van der Waals surface area contributed by atoms with E-state index in [9.17, 15) is 9.59 Å². The van der Waals surface area contributed by atoms with Crippen LogP contribution in [0.3, 0.4) is 0 Å². The fraction of sp³-hybridized carbons (Fsp3) is 0.333. The van der Waals surface area contributed by atoms with Gasteiger partial charge in [0.05, 0.1) is 14.2 Å².